The van der Waals surface area contributed by atoms with E-state index in [4.69, 9.17) is 0 Å². The molecule has 5 aromatic carbocycles. The zero-order valence-electron chi connectivity index (χ0n) is 27.5. The SMILES string of the molecule is C=CC(=O)NCc1cc(CNC(=O)c2cc(C)c(C(=O)P(=O)(c3ccccc3)c3ccccc3)c(C)c2)cc(-n2nc3ccccc3n2)c1O. The topological polar surface area (TPSA) is 143 Å². The zero-order valence-corrected chi connectivity index (χ0v) is 28.4. The standard InChI is InChI=1S/C39H34N5O5P/c1-4-35(45)40-24-29-21-27(22-34(37(29)46)44-42-32-17-11-12-18-33(32)43-44)23-41-38(47)28-19-25(2)36(26(3)20-28)39(48)50(49,30-13-7-5-8-14-30)31-15-9-6-10-16-31/h4-22,46H,1,23-24H2,2-3H3,(H,40,45)(H,41,47). The Morgan fingerprint density at radius 2 is 1.32 bits per heavy atom. The predicted molar refractivity (Wildman–Crippen MR) is 194 cm³/mol. The van der Waals surface area contributed by atoms with Crippen molar-refractivity contribution in [3.05, 3.63) is 155 Å². The average molecular weight is 684 g/mol. The van der Waals surface area contributed by atoms with E-state index < -0.39 is 24.5 Å². The number of phenolic OH excluding ortho intramolecular Hbond substituents is 1. The first kappa shape index (κ1) is 33.8. The number of aryl methyl sites for hydroxylation is 2. The van der Waals surface area contributed by atoms with Crippen molar-refractivity contribution in [3.8, 4) is 11.4 Å². The van der Waals surface area contributed by atoms with E-state index in [2.05, 4.69) is 27.4 Å². The van der Waals surface area contributed by atoms with E-state index in [1.165, 1.54) is 4.80 Å². The van der Waals surface area contributed by atoms with Crippen LogP contribution in [-0.4, -0.2) is 37.4 Å². The average Bonchev–Trinajstić information content (AvgIpc) is 3.57. The van der Waals surface area contributed by atoms with Gasteiger partial charge in [0.05, 0.1) is 0 Å². The summed E-state index contributed by atoms with van der Waals surface area (Å²) in [5.41, 5.74) is 3.71. The minimum Gasteiger partial charge on any atom is -0.505 e. The van der Waals surface area contributed by atoms with Crippen LogP contribution in [0.4, 0.5) is 0 Å². The number of phenols is 1. The van der Waals surface area contributed by atoms with E-state index in [9.17, 15) is 24.1 Å². The molecule has 0 atom stereocenters. The highest BCUT2D eigenvalue weighted by Crippen LogP contribution is 2.48. The van der Waals surface area contributed by atoms with Crippen molar-refractivity contribution in [2.45, 2.75) is 26.9 Å². The molecule has 0 spiro atoms. The molecule has 6 rings (SSSR count). The smallest absolute Gasteiger partial charge is 0.251 e. The van der Waals surface area contributed by atoms with Gasteiger partial charge < -0.3 is 20.3 Å². The maximum Gasteiger partial charge on any atom is 0.251 e. The third-order valence-corrected chi connectivity index (χ3v) is 11.2. The number of amides is 2. The first-order chi connectivity index (χ1) is 24.1. The summed E-state index contributed by atoms with van der Waals surface area (Å²) in [7, 11) is -3.75. The van der Waals surface area contributed by atoms with E-state index in [1.54, 1.807) is 98.8 Å². The number of benzene rings is 5. The summed E-state index contributed by atoms with van der Waals surface area (Å²) in [6.07, 6.45) is 1.13. The van der Waals surface area contributed by atoms with Crippen molar-refractivity contribution in [2.75, 3.05) is 0 Å². The molecule has 0 fully saturated rings. The van der Waals surface area contributed by atoms with Crippen molar-refractivity contribution in [1.82, 2.24) is 25.6 Å². The van der Waals surface area contributed by atoms with Gasteiger partial charge in [-0.25, -0.2) is 0 Å². The normalized spacial score (nSPS) is 11.2. The summed E-state index contributed by atoms with van der Waals surface area (Å²) in [6.45, 7) is 6.99. The van der Waals surface area contributed by atoms with Crippen molar-refractivity contribution in [3.63, 3.8) is 0 Å². The molecule has 0 bridgehead atoms. The van der Waals surface area contributed by atoms with Gasteiger partial charge in [-0.1, -0.05) is 79.4 Å². The Kier molecular flexibility index (Phi) is 9.56. The molecule has 11 heteroatoms. The van der Waals surface area contributed by atoms with Crippen LogP contribution in [0.5, 0.6) is 5.75 Å². The quantitative estimate of drug-likeness (QED) is 0.119. The number of hydrogen-bond donors (Lipinski definition) is 3. The summed E-state index contributed by atoms with van der Waals surface area (Å²) in [5.74, 6) is -0.938. The van der Waals surface area contributed by atoms with Gasteiger partial charge in [-0.15, -0.1) is 15.0 Å². The summed E-state index contributed by atoms with van der Waals surface area (Å²) >= 11 is 0. The molecule has 3 N–H and O–H groups in total. The number of nitrogens with one attached hydrogen (secondary N) is 2. The van der Waals surface area contributed by atoms with Gasteiger partial charge >= 0.3 is 0 Å². The molecule has 0 saturated heterocycles. The number of aromatic hydroxyl groups is 1. The number of hydrogen-bond acceptors (Lipinski definition) is 7. The molecule has 6 aromatic rings. The molecule has 0 unspecified atom stereocenters. The lowest BCUT2D eigenvalue weighted by Gasteiger charge is -2.21. The van der Waals surface area contributed by atoms with Crippen LogP contribution in [0.15, 0.2) is 122 Å². The molecule has 2 amide bonds. The largest absolute Gasteiger partial charge is 0.505 e. The van der Waals surface area contributed by atoms with Crippen LogP contribution in [0, 0.1) is 13.8 Å². The summed E-state index contributed by atoms with van der Waals surface area (Å²) in [4.78, 5) is 41.0. The molecule has 250 valence electrons. The molecule has 0 aliphatic heterocycles. The van der Waals surface area contributed by atoms with E-state index in [0.29, 0.717) is 55.0 Å². The van der Waals surface area contributed by atoms with E-state index in [1.807, 2.05) is 24.3 Å². The fraction of sp³-hybridized carbons (Fsp3) is 0.103. The highest BCUT2D eigenvalue weighted by atomic mass is 31.2. The number of aromatic nitrogens is 3. The fourth-order valence-electron chi connectivity index (χ4n) is 5.89. The molecule has 1 heterocycles. The molecule has 0 aliphatic rings. The molecular formula is C39H34N5O5P. The Bertz CT molecular complexity index is 2220. The highest BCUT2D eigenvalue weighted by Gasteiger charge is 2.38. The fourth-order valence-corrected chi connectivity index (χ4v) is 8.51. The van der Waals surface area contributed by atoms with Crippen LogP contribution in [0.25, 0.3) is 16.7 Å². The minimum absolute atomic E-state index is 0.00401. The Morgan fingerprint density at radius 3 is 1.86 bits per heavy atom. The number of nitrogens with zero attached hydrogens (tertiary/aromatic N) is 3. The minimum atomic E-state index is -3.75. The van der Waals surface area contributed by atoms with Crippen molar-refractivity contribution >= 4 is 46.1 Å². The van der Waals surface area contributed by atoms with Crippen LogP contribution in [0.3, 0.4) is 0 Å². The van der Waals surface area contributed by atoms with Gasteiger partial charge in [0.2, 0.25) is 18.6 Å². The molecule has 0 radical (unpaired) electrons. The van der Waals surface area contributed by atoms with Crippen LogP contribution in [0.2, 0.25) is 0 Å². The van der Waals surface area contributed by atoms with Gasteiger partial charge in [0.15, 0.2) is 0 Å². The Morgan fingerprint density at radius 1 is 0.780 bits per heavy atom. The van der Waals surface area contributed by atoms with E-state index >= 15 is 0 Å². The highest BCUT2D eigenvalue weighted by molar-refractivity contribution is 7.93. The molecule has 1 aromatic heterocycles. The molecule has 0 saturated carbocycles. The maximum atomic E-state index is 14.7. The molecule has 50 heavy (non-hydrogen) atoms. The third-order valence-electron chi connectivity index (χ3n) is 8.36. The van der Waals surface area contributed by atoms with Gasteiger partial charge in [-0.2, -0.15) is 0 Å². The van der Waals surface area contributed by atoms with Gasteiger partial charge in [0, 0.05) is 40.4 Å². The molecule has 10 nitrogen and oxygen atoms in total. The predicted octanol–water partition coefficient (Wildman–Crippen LogP) is 5.63. The number of rotatable bonds is 11. The second kappa shape index (κ2) is 14.2. The van der Waals surface area contributed by atoms with Crippen LogP contribution in [0.1, 0.15) is 43.0 Å². The second-order valence-corrected chi connectivity index (χ2v) is 14.4. The lowest BCUT2D eigenvalue weighted by atomic mass is 9.99. The molecular weight excluding hydrogens is 649 g/mol. The Hall–Kier alpha value is -6.12. The summed E-state index contributed by atoms with van der Waals surface area (Å²) in [5, 5.41) is 26.6. The van der Waals surface area contributed by atoms with Crippen LogP contribution < -0.4 is 21.2 Å². The van der Waals surface area contributed by atoms with Gasteiger partial charge in [-0.05, 0) is 73.0 Å². The van der Waals surface area contributed by atoms with Crippen LogP contribution >= 0.6 is 7.14 Å². The third kappa shape index (κ3) is 6.61. The lowest BCUT2D eigenvalue weighted by Crippen LogP contribution is -2.25. The van der Waals surface area contributed by atoms with Crippen LogP contribution in [-0.2, 0) is 22.4 Å². The first-order valence-corrected chi connectivity index (χ1v) is 17.5. The van der Waals surface area contributed by atoms with Crippen molar-refractivity contribution < 1.29 is 24.1 Å². The van der Waals surface area contributed by atoms with Crippen molar-refractivity contribution in [2.24, 2.45) is 0 Å². The summed E-state index contributed by atoms with van der Waals surface area (Å²) < 4.78 is 14.7. The number of carbonyl (C=O) groups excluding carboxylic acids is 3. The zero-order chi connectivity index (χ0) is 35.4. The monoisotopic (exact) mass is 683 g/mol. The Labute approximate surface area is 288 Å². The van der Waals surface area contributed by atoms with Gasteiger partial charge in [-0.3, -0.25) is 14.4 Å². The van der Waals surface area contributed by atoms with E-state index in [-0.39, 0.29) is 24.5 Å². The number of fused-ring (bicyclic) bond motifs is 1. The Balaban J connectivity index is 1.29. The van der Waals surface area contributed by atoms with Gasteiger partial charge in [0.1, 0.15) is 22.5 Å². The summed E-state index contributed by atoms with van der Waals surface area (Å²) in [6, 6.07) is 31.3. The molecule has 0 aliphatic carbocycles. The van der Waals surface area contributed by atoms with E-state index in [0.717, 1.165) is 6.08 Å². The number of carbonyl (C=O) groups is 3. The second-order valence-electron chi connectivity index (χ2n) is 11.8. The van der Waals surface area contributed by atoms with Crippen molar-refractivity contribution in [1.29, 1.82) is 0 Å². The lowest BCUT2D eigenvalue weighted by molar-refractivity contribution is -0.116. The maximum absolute atomic E-state index is 14.7. The van der Waals surface area contributed by atoms with Gasteiger partial charge in [0.25, 0.3) is 5.91 Å². The first-order valence-electron chi connectivity index (χ1n) is 15.8.